The van der Waals surface area contributed by atoms with Gasteiger partial charge in [-0.15, -0.1) is 0 Å². The summed E-state index contributed by atoms with van der Waals surface area (Å²) < 4.78 is 0. The largest absolute Gasteiger partial charge is 0.480 e. The molecule has 2 aromatic heterocycles. The first-order chi connectivity index (χ1) is 18.6. The molecule has 4 amide bonds. The van der Waals surface area contributed by atoms with Gasteiger partial charge in [0.2, 0.25) is 23.6 Å². The molecule has 3 aromatic rings. The van der Waals surface area contributed by atoms with Gasteiger partial charge in [-0.05, 0) is 11.6 Å². The Morgan fingerprint density at radius 3 is 2.26 bits per heavy atom. The predicted octanol–water partition coefficient (Wildman–Crippen LogP) is -1.65. The molecule has 1 aromatic carbocycles. The van der Waals surface area contributed by atoms with Crippen LogP contribution in [0, 0.1) is 0 Å². The van der Waals surface area contributed by atoms with E-state index >= 15 is 0 Å². The molecule has 0 aliphatic rings. The van der Waals surface area contributed by atoms with Gasteiger partial charge in [0.25, 0.3) is 0 Å². The number of aliphatic carboxylic acids is 1. The molecule has 0 aliphatic heterocycles. The van der Waals surface area contributed by atoms with Crippen LogP contribution in [-0.4, -0.2) is 79.6 Å². The summed E-state index contributed by atoms with van der Waals surface area (Å²) in [6.07, 6.45) is 4.05. The first-order valence-corrected chi connectivity index (χ1v) is 12.5. The lowest BCUT2D eigenvalue weighted by Gasteiger charge is -2.24. The summed E-state index contributed by atoms with van der Waals surface area (Å²) in [4.78, 5) is 71.7. The number of hydrogen-bond donors (Lipinski definition) is 9. The van der Waals surface area contributed by atoms with Crippen molar-refractivity contribution in [1.29, 1.82) is 0 Å². The van der Waals surface area contributed by atoms with Crippen molar-refractivity contribution in [3.8, 4) is 0 Å². The highest BCUT2D eigenvalue weighted by molar-refractivity contribution is 7.80. The van der Waals surface area contributed by atoms with Gasteiger partial charge in [0.1, 0.15) is 18.1 Å². The fourth-order valence-corrected chi connectivity index (χ4v) is 4.13. The Labute approximate surface area is 228 Å². The number of benzene rings is 1. The molecule has 0 saturated carbocycles. The van der Waals surface area contributed by atoms with E-state index in [4.69, 9.17) is 11.5 Å². The Hall–Kier alpha value is -4.37. The van der Waals surface area contributed by atoms with Crippen LogP contribution in [0.5, 0.6) is 0 Å². The van der Waals surface area contributed by atoms with Crippen LogP contribution < -0.4 is 27.4 Å². The lowest BCUT2D eigenvalue weighted by atomic mass is 10.0. The molecule has 0 spiro atoms. The van der Waals surface area contributed by atoms with Gasteiger partial charge in [-0.1, -0.05) is 18.2 Å². The highest BCUT2D eigenvalue weighted by Crippen LogP contribution is 2.19. The summed E-state index contributed by atoms with van der Waals surface area (Å²) in [5.74, 6) is -4.81. The molecule has 0 bridgehead atoms. The second kappa shape index (κ2) is 13.4. The fraction of sp³-hybridized carbons (Fsp3) is 0.333. The topological polar surface area (TPSA) is 238 Å². The molecule has 0 fully saturated rings. The minimum Gasteiger partial charge on any atom is -0.480 e. The van der Waals surface area contributed by atoms with Gasteiger partial charge in [0.15, 0.2) is 0 Å². The number of fused-ring (bicyclic) bond motifs is 1. The number of nitrogens with zero attached hydrogens (tertiary/aromatic N) is 1. The Bertz CT molecular complexity index is 1330. The number of hydrogen-bond acceptors (Lipinski definition) is 8. The molecule has 4 unspecified atom stereocenters. The number of H-pyrrole nitrogens is 2. The Balaban J connectivity index is 1.66. The van der Waals surface area contributed by atoms with Gasteiger partial charge >= 0.3 is 5.97 Å². The molecule has 208 valence electrons. The molecule has 14 nitrogen and oxygen atoms in total. The number of thiol groups is 1. The smallest absolute Gasteiger partial charge is 0.326 e. The second-order valence-electron chi connectivity index (χ2n) is 8.83. The highest BCUT2D eigenvalue weighted by Gasteiger charge is 2.31. The third-order valence-electron chi connectivity index (χ3n) is 5.90. The molecular weight excluding hydrogens is 528 g/mol. The van der Waals surface area contributed by atoms with Crippen molar-refractivity contribution >= 4 is 53.1 Å². The van der Waals surface area contributed by atoms with Gasteiger partial charge in [0.05, 0.1) is 18.8 Å². The Kier molecular flexibility index (Phi) is 10.1. The van der Waals surface area contributed by atoms with Crippen molar-refractivity contribution in [2.45, 2.75) is 43.4 Å². The molecule has 15 heteroatoms. The van der Waals surface area contributed by atoms with Gasteiger partial charge in [-0.3, -0.25) is 19.2 Å². The van der Waals surface area contributed by atoms with Crippen LogP contribution in [-0.2, 0) is 36.8 Å². The Morgan fingerprint density at radius 1 is 0.949 bits per heavy atom. The maximum Gasteiger partial charge on any atom is 0.326 e. The lowest BCUT2D eigenvalue weighted by Crippen LogP contribution is -2.58. The van der Waals surface area contributed by atoms with E-state index in [1.807, 2.05) is 18.2 Å². The maximum absolute atomic E-state index is 13.0. The standard InChI is InChI=1S/C24H30N8O6S/c25-15(6-13-9-27-11-29-13)21(34)32-19(10-39)23(36)30-17(7-20(26)33)22(35)31-18(24(37)38)5-12-8-28-16-4-2-1-3-14(12)16/h1-4,8-9,11,15,17-19,28,39H,5-7,10,25H2,(H2,26,33)(H,27,29)(H,30,36)(H,31,35)(H,32,34)(H,37,38). The number of nitrogens with one attached hydrogen (secondary N) is 5. The normalized spacial score (nSPS) is 14.1. The van der Waals surface area contributed by atoms with Crippen molar-refractivity contribution < 1.29 is 29.1 Å². The molecule has 4 atom stereocenters. The van der Waals surface area contributed by atoms with Crippen LogP contribution in [0.4, 0.5) is 0 Å². The van der Waals surface area contributed by atoms with Crippen LogP contribution in [0.2, 0.25) is 0 Å². The van der Waals surface area contributed by atoms with Crippen molar-refractivity contribution in [2.24, 2.45) is 11.5 Å². The summed E-state index contributed by atoms with van der Waals surface area (Å²) in [5, 5.41) is 17.7. The van der Waals surface area contributed by atoms with E-state index in [-0.39, 0.29) is 18.6 Å². The number of carbonyl (C=O) groups excluding carboxylic acids is 4. The minimum absolute atomic E-state index is 0.0636. The zero-order valence-corrected chi connectivity index (χ0v) is 21.6. The maximum atomic E-state index is 13.0. The van der Waals surface area contributed by atoms with Crippen LogP contribution in [0.3, 0.4) is 0 Å². The molecule has 10 N–H and O–H groups in total. The number of para-hydroxylation sites is 1. The summed E-state index contributed by atoms with van der Waals surface area (Å²) in [6, 6.07) is 2.17. The number of aromatic amines is 2. The number of primary amides is 1. The molecule has 0 radical (unpaired) electrons. The van der Waals surface area contributed by atoms with Gasteiger partial charge in [0, 0.05) is 47.6 Å². The number of rotatable bonds is 14. The molecular formula is C24H30N8O6S. The van der Waals surface area contributed by atoms with E-state index in [1.165, 1.54) is 12.5 Å². The minimum atomic E-state index is -1.50. The average molecular weight is 559 g/mol. The molecule has 2 heterocycles. The van der Waals surface area contributed by atoms with Crippen molar-refractivity contribution in [1.82, 2.24) is 30.9 Å². The quantitative estimate of drug-likeness (QED) is 0.104. The summed E-state index contributed by atoms with van der Waals surface area (Å²) in [6.45, 7) is 0. The SMILES string of the molecule is NC(=O)CC(NC(=O)C(CS)NC(=O)C(N)Cc1cnc[nH]1)C(=O)NC(Cc1c[nH]c2ccccc12)C(=O)O. The third-order valence-corrected chi connectivity index (χ3v) is 6.26. The summed E-state index contributed by atoms with van der Waals surface area (Å²) in [5.41, 5.74) is 13.2. The predicted molar refractivity (Wildman–Crippen MR) is 143 cm³/mol. The average Bonchev–Trinajstić information content (AvgIpc) is 3.55. The van der Waals surface area contributed by atoms with Crippen LogP contribution in [0.25, 0.3) is 10.9 Å². The van der Waals surface area contributed by atoms with E-state index in [0.29, 0.717) is 11.3 Å². The van der Waals surface area contributed by atoms with Crippen molar-refractivity contribution in [3.05, 3.63) is 54.2 Å². The highest BCUT2D eigenvalue weighted by atomic mass is 32.1. The zero-order valence-electron chi connectivity index (χ0n) is 20.7. The van der Waals surface area contributed by atoms with E-state index in [9.17, 15) is 29.1 Å². The van der Waals surface area contributed by atoms with E-state index < -0.39 is 60.2 Å². The second-order valence-corrected chi connectivity index (χ2v) is 9.19. The van der Waals surface area contributed by atoms with E-state index in [2.05, 4.69) is 43.5 Å². The number of imidazole rings is 1. The molecule has 0 saturated heterocycles. The number of carboxylic acids is 1. The van der Waals surface area contributed by atoms with Gasteiger partial charge in [-0.2, -0.15) is 12.6 Å². The zero-order chi connectivity index (χ0) is 28.5. The monoisotopic (exact) mass is 558 g/mol. The molecule has 39 heavy (non-hydrogen) atoms. The fourth-order valence-electron chi connectivity index (χ4n) is 3.87. The van der Waals surface area contributed by atoms with E-state index in [0.717, 1.165) is 10.9 Å². The summed E-state index contributed by atoms with van der Waals surface area (Å²) in [7, 11) is 0. The molecule has 3 rings (SSSR count). The first kappa shape index (κ1) is 29.2. The Morgan fingerprint density at radius 2 is 1.62 bits per heavy atom. The van der Waals surface area contributed by atoms with Crippen LogP contribution in [0.1, 0.15) is 17.7 Å². The number of carbonyl (C=O) groups is 5. The number of nitrogens with two attached hydrogens (primary N) is 2. The summed E-state index contributed by atoms with van der Waals surface area (Å²) >= 11 is 4.09. The third kappa shape index (κ3) is 8.05. The van der Waals surface area contributed by atoms with E-state index in [1.54, 1.807) is 12.3 Å². The number of carboxylic acid groups (broad SMARTS) is 1. The van der Waals surface area contributed by atoms with Crippen LogP contribution >= 0.6 is 12.6 Å². The number of aromatic nitrogens is 3. The molecule has 0 aliphatic carbocycles. The van der Waals surface area contributed by atoms with Gasteiger partial charge < -0.3 is 42.5 Å². The van der Waals surface area contributed by atoms with Crippen molar-refractivity contribution in [2.75, 3.05) is 5.75 Å². The van der Waals surface area contributed by atoms with Gasteiger partial charge in [-0.25, -0.2) is 9.78 Å². The lowest BCUT2D eigenvalue weighted by molar-refractivity contribution is -0.142. The van der Waals surface area contributed by atoms with Crippen molar-refractivity contribution in [3.63, 3.8) is 0 Å². The van der Waals surface area contributed by atoms with Crippen LogP contribution in [0.15, 0.2) is 43.0 Å². The number of amides is 4. The first-order valence-electron chi connectivity index (χ1n) is 11.9.